The molecule has 0 spiro atoms. The van der Waals surface area contributed by atoms with Crippen LogP contribution >= 0.6 is 0 Å². The molecule has 2 aromatic rings. The van der Waals surface area contributed by atoms with Gasteiger partial charge in [-0.15, -0.1) is 0 Å². The number of benzene rings is 2. The summed E-state index contributed by atoms with van der Waals surface area (Å²) in [5.41, 5.74) is 6.86. The molecule has 1 atom stereocenters. The molecule has 4 rings (SSSR count). The normalized spacial score (nSPS) is 19.1. The number of amides is 2. The van der Waals surface area contributed by atoms with Crippen molar-refractivity contribution in [3.8, 4) is 5.75 Å². The number of nitrogens with one attached hydrogen (secondary N) is 2. The summed E-state index contributed by atoms with van der Waals surface area (Å²) in [6, 6.07) is 14.2. The SMILES string of the molecule is COc1ccc2c(c1)CCC1=C2NC(=O)NC1c1ccc(C)cc1. The zero-order valence-corrected chi connectivity index (χ0v) is 13.8. The van der Waals surface area contributed by atoms with Crippen molar-refractivity contribution >= 4 is 11.7 Å². The van der Waals surface area contributed by atoms with E-state index in [-0.39, 0.29) is 12.1 Å². The minimum atomic E-state index is -0.150. The smallest absolute Gasteiger partial charge is 0.319 e. The van der Waals surface area contributed by atoms with E-state index in [9.17, 15) is 4.79 Å². The third kappa shape index (κ3) is 2.44. The first-order valence-electron chi connectivity index (χ1n) is 8.20. The van der Waals surface area contributed by atoms with Crippen LogP contribution in [0.4, 0.5) is 4.79 Å². The minimum absolute atomic E-state index is 0.0652. The molecule has 1 aliphatic carbocycles. The summed E-state index contributed by atoms with van der Waals surface area (Å²) < 4.78 is 5.32. The van der Waals surface area contributed by atoms with Gasteiger partial charge < -0.3 is 15.4 Å². The number of methoxy groups -OCH3 is 1. The number of urea groups is 1. The molecule has 4 nitrogen and oxygen atoms in total. The standard InChI is InChI=1S/C20H20N2O2/c1-12-3-5-13(6-4-12)18-17-9-7-14-11-15(24-2)8-10-16(14)19(17)22-20(23)21-18/h3-6,8,10-11,18H,7,9H2,1-2H3,(H2,21,22,23). The summed E-state index contributed by atoms with van der Waals surface area (Å²) in [6.07, 6.45) is 1.87. The van der Waals surface area contributed by atoms with Gasteiger partial charge in [-0.25, -0.2) is 4.79 Å². The number of ether oxygens (including phenoxy) is 1. The molecule has 0 saturated carbocycles. The van der Waals surface area contributed by atoms with Gasteiger partial charge in [0.05, 0.1) is 18.8 Å². The van der Waals surface area contributed by atoms with Gasteiger partial charge in [0.1, 0.15) is 5.75 Å². The van der Waals surface area contributed by atoms with Crippen LogP contribution in [0, 0.1) is 6.92 Å². The van der Waals surface area contributed by atoms with Gasteiger partial charge >= 0.3 is 6.03 Å². The molecule has 0 bridgehead atoms. The molecule has 2 aromatic carbocycles. The number of carbonyl (C=O) groups excluding carboxylic acids is 1. The molecule has 24 heavy (non-hydrogen) atoms. The molecule has 0 radical (unpaired) electrons. The summed E-state index contributed by atoms with van der Waals surface area (Å²) in [5, 5.41) is 6.08. The van der Waals surface area contributed by atoms with E-state index in [1.165, 1.54) is 16.7 Å². The van der Waals surface area contributed by atoms with Gasteiger partial charge in [-0.3, -0.25) is 0 Å². The van der Waals surface area contributed by atoms with Crippen LogP contribution in [0.2, 0.25) is 0 Å². The lowest BCUT2D eigenvalue weighted by molar-refractivity contribution is 0.240. The van der Waals surface area contributed by atoms with Gasteiger partial charge in [0.2, 0.25) is 0 Å². The van der Waals surface area contributed by atoms with Crippen molar-refractivity contribution in [3.63, 3.8) is 0 Å². The van der Waals surface area contributed by atoms with Gasteiger partial charge in [0.15, 0.2) is 0 Å². The third-order valence-electron chi connectivity index (χ3n) is 4.84. The summed E-state index contributed by atoms with van der Waals surface area (Å²) in [4.78, 5) is 12.2. The lowest BCUT2D eigenvalue weighted by Gasteiger charge is -2.34. The van der Waals surface area contributed by atoms with Gasteiger partial charge in [0.25, 0.3) is 0 Å². The van der Waals surface area contributed by atoms with Crippen LogP contribution in [-0.2, 0) is 6.42 Å². The molecule has 4 heteroatoms. The summed E-state index contributed by atoms with van der Waals surface area (Å²) >= 11 is 0. The maximum absolute atomic E-state index is 12.2. The number of aryl methyl sites for hydroxylation is 2. The first kappa shape index (κ1) is 14.8. The Labute approximate surface area is 141 Å². The highest BCUT2D eigenvalue weighted by atomic mass is 16.5. The van der Waals surface area contributed by atoms with E-state index in [4.69, 9.17) is 4.74 Å². The molecule has 2 aliphatic rings. The van der Waals surface area contributed by atoms with Crippen molar-refractivity contribution in [2.75, 3.05) is 7.11 Å². The number of hydrogen-bond acceptors (Lipinski definition) is 2. The number of carbonyl (C=O) groups is 1. The van der Waals surface area contributed by atoms with Crippen molar-refractivity contribution < 1.29 is 9.53 Å². The predicted octanol–water partition coefficient (Wildman–Crippen LogP) is 3.72. The Morgan fingerprint density at radius 2 is 1.88 bits per heavy atom. The molecule has 0 aromatic heterocycles. The fourth-order valence-electron chi connectivity index (χ4n) is 3.56. The van der Waals surface area contributed by atoms with E-state index in [0.29, 0.717) is 0 Å². The Morgan fingerprint density at radius 3 is 2.62 bits per heavy atom. The molecule has 2 amide bonds. The van der Waals surface area contributed by atoms with E-state index in [1.807, 2.05) is 12.1 Å². The zero-order valence-electron chi connectivity index (χ0n) is 13.8. The molecule has 1 aliphatic heterocycles. The number of fused-ring (bicyclic) bond motifs is 2. The van der Waals surface area contributed by atoms with Gasteiger partial charge in [-0.2, -0.15) is 0 Å². The van der Waals surface area contributed by atoms with Crippen molar-refractivity contribution in [1.29, 1.82) is 0 Å². The molecule has 0 fully saturated rings. The fraction of sp³-hybridized carbons (Fsp3) is 0.250. The Hall–Kier alpha value is -2.75. The molecule has 122 valence electrons. The summed E-state index contributed by atoms with van der Waals surface area (Å²) in [6.45, 7) is 2.07. The van der Waals surface area contributed by atoms with E-state index < -0.39 is 0 Å². The van der Waals surface area contributed by atoms with Gasteiger partial charge in [-0.1, -0.05) is 29.8 Å². The molecular weight excluding hydrogens is 300 g/mol. The van der Waals surface area contributed by atoms with Crippen LogP contribution in [0.5, 0.6) is 5.75 Å². The predicted molar refractivity (Wildman–Crippen MR) is 93.8 cm³/mol. The molecule has 1 heterocycles. The van der Waals surface area contributed by atoms with Crippen LogP contribution in [-0.4, -0.2) is 13.1 Å². The Kier molecular flexibility index (Phi) is 3.53. The molecular formula is C20H20N2O2. The van der Waals surface area contributed by atoms with Crippen LogP contribution in [0.25, 0.3) is 5.70 Å². The Bertz CT molecular complexity index is 837. The second-order valence-corrected chi connectivity index (χ2v) is 6.37. The van der Waals surface area contributed by atoms with Crippen molar-refractivity contribution in [2.45, 2.75) is 25.8 Å². The number of rotatable bonds is 2. The monoisotopic (exact) mass is 320 g/mol. The maximum Gasteiger partial charge on any atom is 0.319 e. The van der Waals surface area contributed by atoms with Crippen LogP contribution in [0.3, 0.4) is 0 Å². The lowest BCUT2D eigenvalue weighted by Crippen LogP contribution is -2.44. The van der Waals surface area contributed by atoms with Crippen molar-refractivity contribution in [2.24, 2.45) is 0 Å². The number of hydrogen-bond donors (Lipinski definition) is 2. The summed E-state index contributed by atoms with van der Waals surface area (Å²) in [7, 11) is 1.68. The zero-order chi connectivity index (χ0) is 16.7. The maximum atomic E-state index is 12.2. The lowest BCUT2D eigenvalue weighted by atomic mass is 9.82. The average molecular weight is 320 g/mol. The highest BCUT2D eigenvalue weighted by molar-refractivity contribution is 5.91. The third-order valence-corrected chi connectivity index (χ3v) is 4.84. The highest BCUT2D eigenvalue weighted by Gasteiger charge is 2.32. The average Bonchev–Trinajstić information content (AvgIpc) is 2.61. The Morgan fingerprint density at radius 1 is 1.08 bits per heavy atom. The van der Waals surface area contributed by atoms with E-state index >= 15 is 0 Å². The van der Waals surface area contributed by atoms with E-state index in [1.54, 1.807) is 7.11 Å². The van der Waals surface area contributed by atoms with Crippen molar-refractivity contribution in [3.05, 3.63) is 70.3 Å². The van der Waals surface area contributed by atoms with Gasteiger partial charge in [0, 0.05) is 5.56 Å². The topological polar surface area (TPSA) is 50.4 Å². The van der Waals surface area contributed by atoms with E-state index in [2.05, 4.69) is 47.9 Å². The minimum Gasteiger partial charge on any atom is -0.497 e. The second-order valence-electron chi connectivity index (χ2n) is 6.37. The molecule has 0 saturated heterocycles. The van der Waals surface area contributed by atoms with E-state index in [0.717, 1.165) is 35.4 Å². The van der Waals surface area contributed by atoms with Gasteiger partial charge in [-0.05, 0) is 54.7 Å². The van der Waals surface area contributed by atoms with Crippen LogP contribution < -0.4 is 15.4 Å². The first-order chi connectivity index (χ1) is 11.7. The van der Waals surface area contributed by atoms with Crippen molar-refractivity contribution in [1.82, 2.24) is 10.6 Å². The van der Waals surface area contributed by atoms with Crippen LogP contribution in [0.1, 0.15) is 34.7 Å². The molecule has 2 N–H and O–H groups in total. The second kappa shape index (κ2) is 5.71. The Balaban J connectivity index is 1.81. The summed E-state index contributed by atoms with van der Waals surface area (Å²) in [5.74, 6) is 0.855. The largest absolute Gasteiger partial charge is 0.497 e. The quantitative estimate of drug-likeness (QED) is 0.886. The fourth-order valence-corrected chi connectivity index (χ4v) is 3.56. The molecule has 1 unspecified atom stereocenters. The highest BCUT2D eigenvalue weighted by Crippen LogP contribution is 2.39. The first-order valence-corrected chi connectivity index (χ1v) is 8.20. The van der Waals surface area contributed by atoms with Crippen LogP contribution in [0.15, 0.2) is 48.0 Å².